The molecule has 3 aromatic rings. The maximum Gasteiger partial charge on any atom is 0.304 e. The Kier molecular flexibility index (Phi) is 9.43. The molecule has 1 unspecified atom stereocenters. The van der Waals surface area contributed by atoms with Crippen molar-refractivity contribution in [1.29, 1.82) is 0 Å². The molecule has 0 amide bonds. The number of hydrogen-bond acceptors (Lipinski definition) is 9. The number of nitrogens with zero attached hydrogens (tertiary/aromatic N) is 5. The molecule has 1 aliphatic rings. The van der Waals surface area contributed by atoms with Crippen molar-refractivity contribution in [2.45, 2.75) is 31.7 Å². The standard InChI is InChI=1S/C26H32ClF3N7O2P/c1-36(2)16-11-13-37(14-12-16)21-10-9-19(25(34-21)39-23(30)22(28)29)33-26-31-15-17(27)24(35-26)32-18-7-5-6-8-20(18)40(3,4)38/h5-10,15-16,22-23H,11-14H2,1-4H3,(H2,31,32,33,35). The van der Waals surface area contributed by atoms with Crippen molar-refractivity contribution in [2.75, 3.05) is 56.0 Å². The number of aromatic nitrogens is 3. The molecule has 0 aliphatic carbocycles. The first-order chi connectivity index (χ1) is 18.9. The fourth-order valence-electron chi connectivity index (χ4n) is 4.37. The summed E-state index contributed by atoms with van der Waals surface area (Å²) in [4.78, 5) is 17.1. The molecule has 4 rings (SSSR count). The van der Waals surface area contributed by atoms with Gasteiger partial charge in [-0.25, -0.2) is 13.8 Å². The zero-order valence-electron chi connectivity index (χ0n) is 22.6. The Morgan fingerprint density at radius 1 is 1.05 bits per heavy atom. The summed E-state index contributed by atoms with van der Waals surface area (Å²) < 4.78 is 57.7. The molecule has 9 nitrogen and oxygen atoms in total. The molecular formula is C26H32ClF3N7O2P. The van der Waals surface area contributed by atoms with Crippen LogP contribution in [0, 0.1) is 0 Å². The zero-order chi connectivity index (χ0) is 29.0. The number of pyridine rings is 1. The Hall–Kier alpha value is -3.08. The Balaban J connectivity index is 1.60. The van der Waals surface area contributed by atoms with Gasteiger partial charge in [-0.1, -0.05) is 23.7 Å². The van der Waals surface area contributed by atoms with Crippen molar-refractivity contribution in [3.63, 3.8) is 0 Å². The highest BCUT2D eigenvalue weighted by Gasteiger charge is 2.26. The van der Waals surface area contributed by atoms with Gasteiger partial charge in [-0.2, -0.15) is 14.4 Å². The first-order valence-electron chi connectivity index (χ1n) is 12.6. The molecule has 1 aliphatic heterocycles. The summed E-state index contributed by atoms with van der Waals surface area (Å²) in [6.45, 7) is 4.72. The van der Waals surface area contributed by atoms with Crippen LogP contribution in [0.2, 0.25) is 5.02 Å². The molecule has 0 bridgehead atoms. The third-order valence-electron chi connectivity index (χ3n) is 6.51. The van der Waals surface area contributed by atoms with Gasteiger partial charge in [0.25, 0.3) is 6.36 Å². The highest BCUT2D eigenvalue weighted by molar-refractivity contribution is 7.70. The minimum atomic E-state index is -3.36. The van der Waals surface area contributed by atoms with Crippen molar-refractivity contribution in [3.8, 4) is 5.88 Å². The van der Waals surface area contributed by atoms with E-state index in [-0.39, 0.29) is 28.4 Å². The predicted octanol–water partition coefficient (Wildman–Crippen LogP) is 5.73. The zero-order valence-corrected chi connectivity index (χ0v) is 24.3. The monoisotopic (exact) mass is 597 g/mol. The topological polar surface area (TPSA) is 95.5 Å². The summed E-state index contributed by atoms with van der Waals surface area (Å²) in [6, 6.07) is 10.8. The van der Waals surface area contributed by atoms with E-state index in [4.69, 9.17) is 16.3 Å². The number of halogens is 4. The molecule has 2 N–H and O–H groups in total. The number of anilines is 5. The fraction of sp³-hybridized carbons (Fsp3) is 0.423. The number of hydrogen-bond donors (Lipinski definition) is 2. The van der Waals surface area contributed by atoms with Crippen LogP contribution in [0.4, 0.5) is 42.1 Å². The van der Waals surface area contributed by atoms with E-state index >= 15 is 0 Å². The van der Waals surface area contributed by atoms with E-state index in [1.807, 2.05) is 19.0 Å². The maximum atomic E-state index is 14.0. The van der Waals surface area contributed by atoms with Crippen molar-refractivity contribution in [1.82, 2.24) is 19.9 Å². The van der Waals surface area contributed by atoms with Gasteiger partial charge in [0.15, 0.2) is 5.82 Å². The van der Waals surface area contributed by atoms with E-state index in [0.717, 1.165) is 12.8 Å². The summed E-state index contributed by atoms with van der Waals surface area (Å²) in [6.07, 6.45) is -3.09. The average Bonchev–Trinajstić information content (AvgIpc) is 2.91. The van der Waals surface area contributed by atoms with E-state index in [0.29, 0.717) is 35.9 Å². The molecular weight excluding hydrogens is 566 g/mol. The molecule has 1 fully saturated rings. The van der Waals surface area contributed by atoms with E-state index in [1.165, 1.54) is 6.20 Å². The van der Waals surface area contributed by atoms with Gasteiger partial charge in [0.05, 0.1) is 11.9 Å². The van der Waals surface area contributed by atoms with E-state index in [9.17, 15) is 17.7 Å². The Labute approximate surface area is 236 Å². The highest BCUT2D eigenvalue weighted by Crippen LogP contribution is 2.39. The van der Waals surface area contributed by atoms with Crippen LogP contribution < -0.4 is 25.6 Å². The lowest BCUT2D eigenvalue weighted by Gasteiger charge is -2.36. The van der Waals surface area contributed by atoms with Gasteiger partial charge in [-0.05, 0) is 64.5 Å². The normalized spacial score (nSPS) is 15.4. The lowest BCUT2D eigenvalue weighted by molar-refractivity contribution is -0.0685. The largest absolute Gasteiger partial charge is 0.435 e. The van der Waals surface area contributed by atoms with Crippen LogP contribution in [0.3, 0.4) is 0 Å². The van der Waals surface area contributed by atoms with Crippen molar-refractivity contribution in [2.24, 2.45) is 0 Å². The summed E-state index contributed by atoms with van der Waals surface area (Å²) >= 11 is 6.32. The van der Waals surface area contributed by atoms with Gasteiger partial charge in [0.1, 0.15) is 23.7 Å². The Morgan fingerprint density at radius 2 is 1.75 bits per heavy atom. The molecule has 1 atom stereocenters. The lowest BCUT2D eigenvalue weighted by Crippen LogP contribution is -2.42. The van der Waals surface area contributed by atoms with Crippen LogP contribution in [-0.4, -0.2) is 79.2 Å². The smallest absolute Gasteiger partial charge is 0.304 e. The van der Waals surface area contributed by atoms with Crippen molar-refractivity contribution in [3.05, 3.63) is 47.6 Å². The first-order valence-corrected chi connectivity index (χ1v) is 15.6. The molecule has 3 heterocycles. The molecule has 216 valence electrons. The van der Waals surface area contributed by atoms with Crippen LogP contribution in [0.5, 0.6) is 5.88 Å². The summed E-state index contributed by atoms with van der Waals surface area (Å²) in [5.41, 5.74) is 0.656. The number of piperidine rings is 1. The van der Waals surface area contributed by atoms with Crippen LogP contribution in [0.15, 0.2) is 42.6 Å². The molecule has 0 radical (unpaired) electrons. The number of rotatable bonds is 10. The second-order valence-corrected chi connectivity index (χ2v) is 13.6. The van der Waals surface area contributed by atoms with Crippen LogP contribution in [0.1, 0.15) is 12.8 Å². The highest BCUT2D eigenvalue weighted by atomic mass is 35.5. The third-order valence-corrected chi connectivity index (χ3v) is 8.34. The lowest BCUT2D eigenvalue weighted by atomic mass is 10.0. The number of benzene rings is 1. The third kappa shape index (κ3) is 7.35. The number of ether oxygens (including phenoxy) is 1. The Morgan fingerprint density at radius 3 is 2.40 bits per heavy atom. The molecule has 0 spiro atoms. The summed E-state index contributed by atoms with van der Waals surface area (Å²) in [5, 5.41) is 6.76. The summed E-state index contributed by atoms with van der Waals surface area (Å²) in [7, 11) is 1.44. The molecule has 0 saturated carbocycles. The van der Waals surface area contributed by atoms with Crippen LogP contribution in [0.25, 0.3) is 0 Å². The number of nitrogens with one attached hydrogen (secondary N) is 2. The van der Waals surface area contributed by atoms with Crippen LogP contribution >= 0.6 is 18.7 Å². The van der Waals surface area contributed by atoms with Gasteiger partial charge < -0.3 is 29.7 Å². The first kappa shape index (κ1) is 29.9. The molecule has 40 heavy (non-hydrogen) atoms. The minimum absolute atomic E-state index is 0.0270. The molecule has 2 aromatic heterocycles. The molecule has 1 aromatic carbocycles. The van der Waals surface area contributed by atoms with E-state index in [1.54, 1.807) is 49.7 Å². The number of para-hydroxylation sites is 1. The summed E-state index contributed by atoms with van der Waals surface area (Å²) in [5.74, 6) is 0.376. The predicted molar refractivity (Wildman–Crippen MR) is 154 cm³/mol. The van der Waals surface area contributed by atoms with Gasteiger partial charge in [0.2, 0.25) is 11.8 Å². The Bertz CT molecular complexity index is 1370. The maximum absolute atomic E-state index is 14.0. The number of alkyl halides is 3. The second kappa shape index (κ2) is 12.6. The quantitative estimate of drug-likeness (QED) is 0.284. The second-order valence-electron chi connectivity index (χ2n) is 10.0. The minimum Gasteiger partial charge on any atom is -0.435 e. The van der Waals surface area contributed by atoms with Crippen molar-refractivity contribution < 1.29 is 22.5 Å². The van der Waals surface area contributed by atoms with Gasteiger partial charge in [-0.15, -0.1) is 0 Å². The van der Waals surface area contributed by atoms with Crippen molar-refractivity contribution >= 4 is 53.0 Å². The molecule has 14 heteroatoms. The molecule has 1 saturated heterocycles. The van der Waals surface area contributed by atoms with E-state index in [2.05, 4.69) is 30.5 Å². The van der Waals surface area contributed by atoms with Gasteiger partial charge in [-0.3, -0.25) is 0 Å². The van der Waals surface area contributed by atoms with Gasteiger partial charge >= 0.3 is 6.43 Å². The van der Waals surface area contributed by atoms with E-state index < -0.39 is 19.9 Å². The fourth-order valence-corrected chi connectivity index (χ4v) is 5.67. The average molecular weight is 598 g/mol. The van der Waals surface area contributed by atoms with Crippen LogP contribution in [-0.2, 0) is 4.57 Å². The van der Waals surface area contributed by atoms with Gasteiger partial charge in [0, 0.05) is 24.4 Å². The SMILES string of the molecule is CN(C)C1CCN(c2ccc(Nc3ncc(Cl)c(Nc4ccccc4P(C)(C)=O)n3)c(OC(F)C(F)F)n2)CC1.